The monoisotopic (exact) mass is 422 g/mol. The summed E-state index contributed by atoms with van der Waals surface area (Å²) in [4.78, 5) is 37.7. The molecule has 2 aliphatic heterocycles. The fourth-order valence-electron chi connectivity index (χ4n) is 3.86. The maximum absolute atomic E-state index is 12.5. The van der Waals surface area contributed by atoms with Crippen molar-refractivity contribution in [2.45, 2.75) is 32.7 Å². The number of hydrogen-bond donors (Lipinski definition) is 3. The smallest absolute Gasteiger partial charge is 0.254 e. The van der Waals surface area contributed by atoms with Crippen molar-refractivity contribution < 1.29 is 14.4 Å². The molecule has 0 aliphatic carbocycles. The zero-order chi connectivity index (χ0) is 19.9. The van der Waals surface area contributed by atoms with Crippen LogP contribution in [0.2, 0.25) is 0 Å². The summed E-state index contributed by atoms with van der Waals surface area (Å²) < 4.78 is 0. The highest BCUT2D eigenvalue weighted by molar-refractivity contribution is 5.97. The van der Waals surface area contributed by atoms with E-state index in [1.807, 2.05) is 12.1 Å². The summed E-state index contributed by atoms with van der Waals surface area (Å²) >= 11 is 0. The lowest BCUT2D eigenvalue weighted by Gasteiger charge is -2.28. The number of halogens is 1. The number of benzene rings is 1. The summed E-state index contributed by atoms with van der Waals surface area (Å²) in [6, 6.07) is 7.22. The third-order valence-electron chi connectivity index (χ3n) is 5.66. The zero-order valence-electron chi connectivity index (χ0n) is 16.9. The van der Waals surface area contributed by atoms with Gasteiger partial charge in [0.1, 0.15) is 0 Å². The van der Waals surface area contributed by atoms with Crippen molar-refractivity contribution in [3.8, 4) is 0 Å². The molecule has 0 bridgehead atoms. The van der Waals surface area contributed by atoms with E-state index in [2.05, 4.69) is 22.9 Å². The Balaban J connectivity index is 0.00000300. The van der Waals surface area contributed by atoms with Crippen molar-refractivity contribution in [1.29, 1.82) is 0 Å². The van der Waals surface area contributed by atoms with Crippen LogP contribution in [0.3, 0.4) is 0 Å². The molecule has 0 spiro atoms. The van der Waals surface area contributed by atoms with Gasteiger partial charge in [-0.05, 0) is 55.5 Å². The Morgan fingerprint density at radius 2 is 2.00 bits per heavy atom. The van der Waals surface area contributed by atoms with Crippen molar-refractivity contribution in [1.82, 2.24) is 20.9 Å². The van der Waals surface area contributed by atoms with Gasteiger partial charge >= 0.3 is 0 Å². The van der Waals surface area contributed by atoms with Crippen LogP contribution in [0.25, 0.3) is 0 Å². The topological polar surface area (TPSA) is 90.5 Å². The molecule has 7 nitrogen and oxygen atoms in total. The van der Waals surface area contributed by atoms with E-state index in [9.17, 15) is 14.4 Å². The quantitative estimate of drug-likeness (QED) is 0.645. The first-order valence-electron chi connectivity index (χ1n) is 10.2. The Hall–Kier alpha value is -2.12. The van der Waals surface area contributed by atoms with E-state index in [0.29, 0.717) is 43.5 Å². The first kappa shape index (κ1) is 23.2. The lowest BCUT2D eigenvalue weighted by molar-refractivity contribution is -0.123. The van der Waals surface area contributed by atoms with Crippen LogP contribution < -0.4 is 16.0 Å². The number of piperazine rings is 1. The Bertz CT molecular complexity index is 704. The summed E-state index contributed by atoms with van der Waals surface area (Å²) in [5.74, 6) is 0.742. The number of hydrogen-bond acceptors (Lipinski definition) is 4. The molecular formula is C21H31ClN4O3. The molecule has 160 valence electrons. The summed E-state index contributed by atoms with van der Waals surface area (Å²) in [5.41, 5.74) is 1.51. The normalized spacial score (nSPS) is 20.2. The van der Waals surface area contributed by atoms with E-state index in [1.165, 1.54) is 12.8 Å². The molecule has 2 aliphatic rings. The van der Waals surface area contributed by atoms with E-state index >= 15 is 0 Å². The van der Waals surface area contributed by atoms with Crippen LogP contribution >= 0.6 is 12.4 Å². The van der Waals surface area contributed by atoms with Gasteiger partial charge in [-0.1, -0.05) is 19.1 Å². The van der Waals surface area contributed by atoms with Gasteiger partial charge in [0.2, 0.25) is 11.8 Å². The van der Waals surface area contributed by atoms with Crippen LogP contribution in [-0.4, -0.2) is 55.3 Å². The van der Waals surface area contributed by atoms with Crippen molar-refractivity contribution in [3.05, 3.63) is 35.4 Å². The minimum absolute atomic E-state index is 0. The predicted octanol–water partition coefficient (Wildman–Crippen LogP) is 1.32. The lowest BCUT2D eigenvalue weighted by atomic mass is 9.85. The highest BCUT2D eigenvalue weighted by Gasteiger charge is 2.23. The third-order valence-corrected chi connectivity index (χ3v) is 5.66. The fraction of sp³-hybridized carbons (Fsp3) is 0.571. The molecule has 8 heteroatoms. The predicted molar refractivity (Wildman–Crippen MR) is 114 cm³/mol. The standard InChI is InChI=1S/C21H30N4O3.ClH/c1-15(18-3-2-8-22-13-18)11-19(26)24-12-16-4-6-17(7-5-16)21(28)25-10-9-23-20(27)14-25;/h4-7,15,18,22H,2-3,8-14H2,1H3,(H,23,27)(H,24,26);1H. The Morgan fingerprint density at radius 3 is 2.66 bits per heavy atom. The maximum atomic E-state index is 12.5. The Kier molecular flexibility index (Phi) is 8.92. The summed E-state index contributed by atoms with van der Waals surface area (Å²) in [5, 5.41) is 9.09. The highest BCUT2D eigenvalue weighted by Crippen LogP contribution is 2.22. The van der Waals surface area contributed by atoms with Crippen LogP contribution in [0.15, 0.2) is 24.3 Å². The van der Waals surface area contributed by atoms with Crippen molar-refractivity contribution >= 4 is 30.1 Å². The lowest BCUT2D eigenvalue weighted by Crippen LogP contribution is -2.49. The zero-order valence-corrected chi connectivity index (χ0v) is 17.7. The van der Waals surface area contributed by atoms with Gasteiger partial charge in [-0.25, -0.2) is 0 Å². The molecule has 2 atom stereocenters. The van der Waals surface area contributed by atoms with Gasteiger partial charge in [0.25, 0.3) is 5.91 Å². The number of carbonyl (C=O) groups is 3. The molecule has 29 heavy (non-hydrogen) atoms. The van der Waals surface area contributed by atoms with Gasteiger partial charge in [-0.3, -0.25) is 14.4 Å². The number of rotatable bonds is 6. The average Bonchev–Trinajstić information content (AvgIpc) is 2.72. The second-order valence-electron chi connectivity index (χ2n) is 7.84. The number of nitrogens with zero attached hydrogens (tertiary/aromatic N) is 1. The van der Waals surface area contributed by atoms with Gasteiger partial charge < -0.3 is 20.9 Å². The van der Waals surface area contributed by atoms with Crippen LogP contribution in [0.5, 0.6) is 0 Å². The minimum Gasteiger partial charge on any atom is -0.353 e. The van der Waals surface area contributed by atoms with Crippen LogP contribution in [0, 0.1) is 11.8 Å². The van der Waals surface area contributed by atoms with Crippen LogP contribution in [-0.2, 0) is 16.1 Å². The van der Waals surface area contributed by atoms with E-state index in [1.54, 1.807) is 17.0 Å². The van der Waals surface area contributed by atoms with Gasteiger partial charge in [0.05, 0.1) is 6.54 Å². The molecule has 2 fully saturated rings. The fourth-order valence-corrected chi connectivity index (χ4v) is 3.86. The average molecular weight is 423 g/mol. The molecule has 1 aromatic rings. The number of carbonyl (C=O) groups excluding carboxylic acids is 3. The maximum Gasteiger partial charge on any atom is 0.254 e. The molecule has 0 radical (unpaired) electrons. The highest BCUT2D eigenvalue weighted by atomic mass is 35.5. The summed E-state index contributed by atoms with van der Waals surface area (Å²) in [6.45, 7) is 5.81. The molecule has 0 aromatic heterocycles. The molecule has 2 heterocycles. The number of piperidine rings is 1. The summed E-state index contributed by atoms with van der Waals surface area (Å²) in [6.07, 6.45) is 2.92. The van der Waals surface area contributed by atoms with Gasteiger partial charge in [-0.15, -0.1) is 12.4 Å². The first-order valence-corrected chi connectivity index (χ1v) is 10.2. The van der Waals surface area contributed by atoms with E-state index in [0.717, 1.165) is 18.7 Å². The molecule has 2 unspecified atom stereocenters. The number of nitrogens with one attached hydrogen (secondary N) is 3. The van der Waals surface area contributed by atoms with E-state index < -0.39 is 0 Å². The van der Waals surface area contributed by atoms with E-state index in [-0.39, 0.29) is 36.7 Å². The molecule has 0 saturated carbocycles. The first-order chi connectivity index (χ1) is 13.5. The van der Waals surface area contributed by atoms with Crippen molar-refractivity contribution in [2.24, 2.45) is 11.8 Å². The van der Waals surface area contributed by atoms with Crippen LogP contribution in [0.1, 0.15) is 42.1 Å². The number of amides is 3. The molecule has 1 aromatic carbocycles. The second kappa shape index (κ2) is 11.2. The van der Waals surface area contributed by atoms with Crippen molar-refractivity contribution in [3.63, 3.8) is 0 Å². The van der Waals surface area contributed by atoms with Crippen molar-refractivity contribution in [2.75, 3.05) is 32.7 Å². The Morgan fingerprint density at radius 1 is 1.24 bits per heavy atom. The molecular weight excluding hydrogens is 392 g/mol. The van der Waals surface area contributed by atoms with Crippen LogP contribution in [0.4, 0.5) is 0 Å². The third kappa shape index (κ3) is 6.72. The summed E-state index contributed by atoms with van der Waals surface area (Å²) in [7, 11) is 0. The molecule has 2 saturated heterocycles. The SMILES string of the molecule is CC(CC(=O)NCc1ccc(C(=O)N2CCNC(=O)C2)cc1)C1CCCNC1.Cl. The molecule has 3 N–H and O–H groups in total. The van der Waals surface area contributed by atoms with Gasteiger partial charge in [-0.2, -0.15) is 0 Å². The van der Waals surface area contributed by atoms with Gasteiger partial charge in [0.15, 0.2) is 0 Å². The Labute approximate surface area is 178 Å². The van der Waals surface area contributed by atoms with E-state index in [4.69, 9.17) is 0 Å². The molecule has 3 amide bonds. The minimum atomic E-state index is -0.139. The molecule has 3 rings (SSSR count). The second-order valence-corrected chi connectivity index (χ2v) is 7.84. The largest absolute Gasteiger partial charge is 0.353 e. The van der Waals surface area contributed by atoms with Gasteiger partial charge in [0, 0.05) is 31.6 Å².